The van der Waals surface area contributed by atoms with E-state index in [0.29, 0.717) is 5.75 Å². The van der Waals surface area contributed by atoms with Crippen molar-refractivity contribution in [1.29, 1.82) is 0 Å². The first-order valence-electron chi connectivity index (χ1n) is 6.07. The van der Waals surface area contributed by atoms with Crippen LogP contribution in [-0.4, -0.2) is 5.11 Å². The summed E-state index contributed by atoms with van der Waals surface area (Å²) in [6.07, 6.45) is 1.58. The van der Waals surface area contributed by atoms with Gasteiger partial charge in [0.1, 0.15) is 5.75 Å². The van der Waals surface area contributed by atoms with Gasteiger partial charge in [-0.2, -0.15) is 6.07 Å². The van der Waals surface area contributed by atoms with Gasteiger partial charge < -0.3 is 5.11 Å². The second kappa shape index (κ2) is 6.11. The fraction of sp³-hybridized carbons (Fsp3) is 0.125. The number of furan rings is 1. The largest absolute Gasteiger partial charge is 0.508 e. The summed E-state index contributed by atoms with van der Waals surface area (Å²) in [6.45, 7) is 0. The van der Waals surface area contributed by atoms with Crippen molar-refractivity contribution < 1.29 is 31.9 Å². The van der Waals surface area contributed by atoms with E-state index >= 15 is 0 Å². The Hall–Kier alpha value is -1.48. The van der Waals surface area contributed by atoms with Gasteiger partial charge in [-0.3, -0.25) is 4.42 Å². The fourth-order valence-electron chi connectivity index (χ4n) is 2.14. The normalized spacial score (nSPS) is 10.3. The molecule has 0 aliphatic heterocycles. The summed E-state index contributed by atoms with van der Waals surface area (Å²) >= 11 is 0. The Morgan fingerprint density at radius 3 is 2.47 bits per heavy atom. The van der Waals surface area contributed by atoms with Gasteiger partial charge in [-0.1, -0.05) is 35.7 Å². The molecule has 0 saturated heterocycles. The second-order valence-electron chi connectivity index (χ2n) is 4.38. The van der Waals surface area contributed by atoms with Gasteiger partial charge in [0, 0.05) is 22.4 Å². The third-order valence-corrected chi connectivity index (χ3v) is 3.11. The van der Waals surface area contributed by atoms with E-state index in [2.05, 4.69) is 6.07 Å². The predicted octanol–water partition coefficient (Wildman–Crippen LogP) is 3.92. The maximum Gasteiger partial charge on any atom is 0.262 e. The Balaban J connectivity index is 0.00000133. The topological polar surface area (TPSA) is 31.5 Å². The molecule has 0 aliphatic rings. The molecule has 0 amide bonds. The molecule has 0 bridgehead atoms. The first-order valence-corrected chi connectivity index (χ1v) is 6.07. The molecule has 1 heterocycles. The number of fused-ring (bicyclic) bond motifs is 1. The minimum absolute atomic E-state index is 0. The van der Waals surface area contributed by atoms with Crippen LogP contribution < -0.4 is 0 Å². The van der Waals surface area contributed by atoms with Crippen molar-refractivity contribution in [2.45, 2.75) is 12.8 Å². The number of hydrogen-bond acceptors (Lipinski definition) is 1. The number of hydrogen-bond donors (Lipinski definition) is 1. The summed E-state index contributed by atoms with van der Waals surface area (Å²) in [5.41, 5.74) is 1.88. The zero-order valence-corrected chi connectivity index (χ0v) is 12.4. The maximum absolute atomic E-state index is 9.70. The van der Waals surface area contributed by atoms with Gasteiger partial charge in [-0.05, 0) is 24.1 Å². The van der Waals surface area contributed by atoms with E-state index < -0.39 is 0 Å². The first-order chi connectivity index (χ1) is 8.83. The molecule has 3 aromatic rings. The Morgan fingerprint density at radius 2 is 1.68 bits per heavy atom. The van der Waals surface area contributed by atoms with Gasteiger partial charge in [0.05, 0.1) is 6.42 Å². The van der Waals surface area contributed by atoms with E-state index in [1.807, 2.05) is 42.5 Å². The van der Waals surface area contributed by atoms with E-state index in [0.717, 1.165) is 35.1 Å². The van der Waals surface area contributed by atoms with Crippen LogP contribution >= 0.6 is 0 Å². The molecular formula is C16H14AuO2. The van der Waals surface area contributed by atoms with Crippen LogP contribution in [0.2, 0.25) is 0 Å². The van der Waals surface area contributed by atoms with Gasteiger partial charge in [0.15, 0.2) is 0 Å². The van der Waals surface area contributed by atoms with E-state index in [4.69, 9.17) is 4.42 Å². The SMILES string of the molecule is Oc1ccccc1CCc1[cH-]c2ccccc2[o+]1.[Au]. The van der Waals surface area contributed by atoms with Crippen molar-refractivity contribution in [3.8, 4) is 5.75 Å². The molecule has 101 valence electrons. The Kier molecular flexibility index (Phi) is 4.48. The van der Waals surface area contributed by atoms with Gasteiger partial charge in [-0.15, -0.1) is 6.07 Å². The van der Waals surface area contributed by atoms with Crippen molar-refractivity contribution >= 4 is 11.0 Å². The smallest absolute Gasteiger partial charge is 0.262 e. The number of benzene rings is 2. The average Bonchev–Trinajstić information content (AvgIpc) is 2.80. The van der Waals surface area contributed by atoms with Crippen LogP contribution in [0.1, 0.15) is 11.3 Å². The van der Waals surface area contributed by atoms with Crippen LogP contribution in [0.3, 0.4) is 0 Å². The monoisotopic (exact) mass is 435 g/mol. The number of aromatic hydroxyl groups is 1. The minimum Gasteiger partial charge on any atom is -0.508 e. The van der Waals surface area contributed by atoms with Gasteiger partial charge in [-0.25, -0.2) is 0 Å². The average molecular weight is 435 g/mol. The van der Waals surface area contributed by atoms with Crippen LogP contribution in [0.5, 0.6) is 5.75 Å². The van der Waals surface area contributed by atoms with Crippen LogP contribution in [0.4, 0.5) is 0 Å². The van der Waals surface area contributed by atoms with E-state index in [-0.39, 0.29) is 22.4 Å². The van der Waals surface area contributed by atoms with Crippen molar-refractivity contribution in [3.63, 3.8) is 0 Å². The second-order valence-corrected chi connectivity index (χ2v) is 4.38. The van der Waals surface area contributed by atoms with Crippen molar-refractivity contribution in [2.24, 2.45) is 0 Å². The first kappa shape index (κ1) is 13.9. The molecule has 19 heavy (non-hydrogen) atoms. The molecule has 2 aromatic carbocycles. The summed E-state index contributed by atoms with van der Waals surface area (Å²) in [5, 5.41) is 10.8. The molecule has 2 nitrogen and oxygen atoms in total. The molecule has 0 atom stereocenters. The van der Waals surface area contributed by atoms with Crippen LogP contribution in [-0.2, 0) is 35.2 Å². The Morgan fingerprint density at radius 1 is 0.947 bits per heavy atom. The molecule has 0 spiro atoms. The molecule has 1 aromatic heterocycles. The van der Waals surface area contributed by atoms with Crippen molar-refractivity contribution in [1.82, 2.24) is 0 Å². The molecule has 1 N–H and O–H groups in total. The van der Waals surface area contributed by atoms with Crippen molar-refractivity contribution in [2.75, 3.05) is 0 Å². The predicted molar refractivity (Wildman–Crippen MR) is 71.7 cm³/mol. The van der Waals surface area contributed by atoms with E-state index in [9.17, 15) is 5.11 Å². The third-order valence-electron chi connectivity index (χ3n) is 3.11. The molecule has 0 unspecified atom stereocenters. The molecule has 3 heteroatoms. The van der Waals surface area contributed by atoms with Gasteiger partial charge >= 0.3 is 0 Å². The summed E-state index contributed by atoms with van der Waals surface area (Å²) in [6, 6.07) is 17.5. The molecule has 3 rings (SSSR count). The Bertz CT molecular complexity index is 640. The Labute approximate surface area is 127 Å². The molecular weight excluding hydrogens is 421 g/mol. The molecule has 0 saturated carbocycles. The summed E-state index contributed by atoms with van der Waals surface area (Å²) in [4.78, 5) is 0. The third kappa shape index (κ3) is 3.10. The van der Waals surface area contributed by atoms with Crippen LogP contribution in [0.15, 0.2) is 59.0 Å². The number of para-hydroxylation sites is 2. The maximum atomic E-state index is 9.70. The molecule has 0 aliphatic carbocycles. The number of phenolic OH excluding ortho intramolecular Hbond substituents is 1. The van der Waals surface area contributed by atoms with Crippen LogP contribution in [0, 0.1) is 0 Å². The van der Waals surface area contributed by atoms with Crippen molar-refractivity contribution in [3.05, 3.63) is 65.9 Å². The molecule has 1 radical (unpaired) electrons. The summed E-state index contributed by atoms with van der Waals surface area (Å²) < 4.78 is 5.75. The standard InChI is InChI=1S/C16H14O2.Au/c17-15-7-3-1-5-12(15)9-10-14-11-13-6-2-4-8-16(13)18-14;/h1-8,11,17H,9-10H2;. The van der Waals surface area contributed by atoms with E-state index in [1.54, 1.807) is 6.07 Å². The summed E-state index contributed by atoms with van der Waals surface area (Å²) in [7, 11) is 0. The quantitative estimate of drug-likeness (QED) is 0.384. The number of aryl methyl sites for hydroxylation is 2. The van der Waals surface area contributed by atoms with E-state index in [1.165, 1.54) is 0 Å². The fourth-order valence-corrected chi connectivity index (χ4v) is 2.14. The minimum atomic E-state index is 0. The number of phenols is 1. The zero-order valence-electron chi connectivity index (χ0n) is 10.3. The van der Waals surface area contributed by atoms with Gasteiger partial charge in [0.2, 0.25) is 0 Å². The molecule has 0 fully saturated rings. The zero-order chi connectivity index (χ0) is 12.4. The van der Waals surface area contributed by atoms with Crippen LogP contribution in [0.25, 0.3) is 11.0 Å². The van der Waals surface area contributed by atoms with Gasteiger partial charge in [0.25, 0.3) is 11.3 Å². The summed E-state index contributed by atoms with van der Waals surface area (Å²) in [5.74, 6) is 1.31. The number of rotatable bonds is 3.